The van der Waals surface area contributed by atoms with Gasteiger partial charge in [-0.1, -0.05) is 11.6 Å². The second kappa shape index (κ2) is 3.70. The first-order valence-corrected chi connectivity index (χ1v) is 3.61. The lowest BCUT2D eigenvalue weighted by Gasteiger charge is -2.23. The van der Waals surface area contributed by atoms with Crippen LogP contribution >= 0.6 is 23.2 Å². The second-order valence-electron chi connectivity index (χ2n) is 1.92. The molecule has 0 fully saturated rings. The molecule has 0 aromatic carbocycles. The van der Waals surface area contributed by atoms with Gasteiger partial charge in [-0.3, -0.25) is 0 Å². The normalized spacial score (nSPS) is 16.8. The molecule has 2 nitrogen and oxygen atoms in total. The third-order valence-corrected chi connectivity index (χ3v) is 2.18. The van der Waals surface area contributed by atoms with E-state index in [-0.39, 0.29) is 0 Å². The second-order valence-corrected chi connectivity index (χ2v) is 2.84. The average Bonchev–Trinajstić information content (AvgIpc) is 1.99. The van der Waals surface area contributed by atoms with Crippen molar-refractivity contribution >= 4 is 29.2 Å². The van der Waals surface area contributed by atoms with Gasteiger partial charge in [0.05, 0.1) is 13.0 Å². The Balaban J connectivity index is 4.80. The molecule has 0 heterocycles. The molecule has 0 spiro atoms. The van der Waals surface area contributed by atoms with Crippen LogP contribution in [-0.2, 0) is 9.53 Å². The topological polar surface area (TPSA) is 26.3 Å². The molecule has 0 N–H and O–H groups in total. The summed E-state index contributed by atoms with van der Waals surface area (Å²) in [7, 11) is 0.803. The van der Waals surface area contributed by atoms with Crippen LogP contribution < -0.4 is 0 Å². The number of rotatable bonds is 2. The summed E-state index contributed by atoms with van der Waals surface area (Å²) in [6.07, 6.45) is -4.91. The Morgan fingerprint density at radius 3 is 2.00 bits per heavy atom. The van der Waals surface area contributed by atoms with Crippen LogP contribution in [0.2, 0.25) is 0 Å². The van der Waals surface area contributed by atoms with Crippen LogP contribution in [0.15, 0.2) is 0 Å². The first-order valence-electron chi connectivity index (χ1n) is 2.69. The Kier molecular flexibility index (Phi) is 3.65. The Morgan fingerprint density at radius 2 is 1.92 bits per heavy atom. The van der Waals surface area contributed by atoms with Crippen LogP contribution in [0, 0.1) is 0 Å². The maximum atomic E-state index is 12.0. The van der Waals surface area contributed by atoms with E-state index in [9.17, 15) is 18.0 Å². The van der Waals surface area contributed by atoms with E-state index in [0.29, 0.717) is 0 Å². The molecule has 0 rings (SSSR count). The lowest BCUT2D eigenvalue weighted by atomic mass is 10.1. The number of carbonyl (C=O) groups is 1. The van der Waals surface area contributed by atoms with Gasteiger partial charge in [0.25, 0.3) is 0 Å². The Labute approximate surface area is 76.6 Å². The van der Waals surface area contributed by atoms with Gasteiger partial charge in [-0.25, -0.2) is 4.79 Å². The summed E-state index contributed by atoms with van der Waals surface area (Å²) < 4.78 is 39.9. The molecule has 7 heteroatoms. The summed E-state index contributed by atoms with van der Waals surface area (Å²) >= 11 is 9.83. The summed E-state index contributed by atoms with van der Waals surface area (Å²) in [5, 5.41) is 0. The zero-order valence-electron chi connectivity index (χ0n) is 5.91. The quantitative estimate of drug-likeness (QED) is 0.530. The molecular weight excluding hydrogens is 220 g/mol. The lowest BCUT2D eigenvalue weighted by molar-refractivity contribution is -0.183. The van der Waals surface area contributed by atoms with Crippen LogP contribution in [0.1, 0.15) is 0 Å². The highest BCUT2D eigenvalue weighted by atomic mass is 35.5. The molecule has 0 saturated carbocycles. The zero-order chi connectivity index (χ0) is 9.99. The molecule has 0 amide bonds. The molecule has 0 aliphatic rings. The summed E-state index contributed by atoms with van der Waals surface area (Å²) in [6.45, 7) is 0. The minimum atomic E-state index is -4.91. The molecule has 0 saturated heterocycles. The highest BCUT2D eigenvalue weighted by molar-refractivity contribution is 6.39. The molecule has 0 bridgehead atoms. The van der Waals surface area contributed by atoms with Crippen molar-refractivity contribution in [3.05, 3.63) is 0 Å². The van der Waals surface area contributed by atoms with Crippen molar-refractivity contribution < 1.29 is 22.7 Å². The van der Waals surface area contributed by atoms with Crippen molar-refractivity contribution in [2.75, 3.05) is 13.0 Å². The molecular formula is C5H5Cl2F3O2. The van der Waals surface area contributed by atoms with E-state index in [0.717, 1.165) is 7.11 Å². The number of esters is 1. The van der Waals surface area contributed by atoms with Crippen molar-refractivity contribution in [1.29, 1.82) is 0 Å². The van der Waals surface area contributed by atoms with Crippen LogP contribution in [-0.4, -0.2) is 30.0 Å². The molecule has 1 unspecified atom stereocenters. The van der Waals surface area contributed by atoms with E-state index in [4.69, 9.17) is 23.2 Å². The van der Waals surface area contributed by atoms with Gasteiger partial charge in [0.1, 0.15) is 0 Å². The first kappa shape index (κ1) is 11.8. The van der Waals surface area contributed by atoms with Gasteiger partial charge in [0, 0.05) is 0 Å². The smallest absolute Gasteiger partial charge is 0.419 e. The Hall–Kier alpha value is -0.160. The van der Waals surface area contributed by atoms with Crippen molar-refractivity contribution in [3.8, 4) is 0 Å². The zero-order valence-corrected chi connectivity index (χ0v) is 7.43. The van der Waals surface area contributed by atoms with Crippen molar-refractivity contribution in [3.63, 3.8) is 0 Å². The summed E-state index contributed by atoms with van der Waals surface area (Å²) in [6, 6.07) is 0. The largest absolute Gasteiger partial charge is 0.467 e. The maximum Gasteiger partial charge on any atom is 0.419 e. The van der Waals surface area contributed by atoms with Gasteiger partial charge in [-0.15, -0.1) is 11.6 Å². The van der Waals surface area contributed by atoms with Gasteiger partial charge in [0.15, 0.2) is 0 Å². The molecule has 1 atom stereocenters. The fourth-order valence-corrected chi connectivity index (χ4v) is 0.746. The Morgan fingerprint density at radius 1 is 1.50 bits per heavy atom. The molecule has 0 aromatic rings. The molecule has 12 heavy (non-hydrogen) atoms. The third-order valence-electron chi connectivity index (χ3n) is 1.14. The van der Waals surface area contributed by atoms with Gasteiger partial charge in [-0.2, -0.15) is 13.2 Å². The van der Waals surface area contributed by atoms with Crippen molar-refractivity contribution in [2.45, 2.75) is 11.1 Å². The minimum absolute atomic E-state index is 0.803. The van der Waals surface area contributed by atoms with E-state index in [1.807, 2.05) is 0 Å². The number of halogens is 5. The molecule has 72 valence electrons. The standard InChI is InChI=1S/C5H5Cl2F3O2/c1-12-3(11)4(7,2-6)5(8,9)10/h2H2,1H3. The monoisotopic (exact) mass is 224 g/mol. The van der Waals surface area contributed by atoms with E-state index in [2.05, 4.69) is 4.74 Å². The molecule has 0 aliphatic carbocycles. The Bertz CT molecular complexity index is 182. The van der Waals surface area contributed by atoms with E-state index < -0.39 is 22.9 Å². The maximum absolute atomic E-state index is 12.0. The molecule has 0 aromatic heterocycles. The van der Waals surface area contributed by atoms with Gasteiger partial charge in [-0.05, 0) is 0 Å². The number of carbonyl (C=O) groups excluding carboxylic acids is 1. The van der Waals surface area contributed by atoms with Crippen LogP contribution in [0.25, 0.3) is 0 Å². The van der Waals surface area contributed by atoms with E-state index >= 15 is 0 Å². The number of ether oxygens (including phenoxy) is 1. The van der Waals surface area contributed by atoms with E-state index in [1.54, 1.807) is 0 Å². The first-order chi connectivity index (χ1) is 5.29. The van der Waals surface area contributed by atoms with Gasteiger partial charge < -0.3 is 4.74 Å². The number of methoxy groups -OCH3 is 1. The van der Waals surface area contributed by atoms with Crippen molar-refractivity contribution in [2.24, 2.45) is 0 Å². The summed E-state index contributed by atoms with van der Waals surface area (Å²) in [5.74, 6) is -2.68. The van der Waals surface area contributed by atoms with Gasteiger partial charge >= 0.3 is 12.1 Å². The summed E-state index contributed by atoms with van der Waals surface area (Å²) in [5.41, 5.74) is 0. The van der Waals surface area contributed by atoms with E-state index in [1.165, 1.54) is 0 Å². The predicted octanol–water partition coefficient (Wildman–Crippen LogP) is 1.94. The highest BCUT2D eigenvalue weighted by Gasteiger charge is 2.60. The van der Waals surface area contributed by atoms with Crippen LogP contribution in [0.3, 0.4) is 0 Å². The van der Waals surface area contributed by atoms with Gasteiger partial charge in [0.2, 0.25) is 4.87 Å². The third kappa shape index (κ3) is 1.95. The fraction of sp³-hybridized carbons (Fsp3) is 0.800. The highest BCUT2D eigenvalue weighted by Crippen LogP contribution is 2.38. The fourth-order valence-electron chi connectivity index (χ4n) is 0.408. The predicted molar refractivity (Wildman–Crippen MR) is 37.4 cm³/mol. The number of alkyl halides is 5. The lowest BCUT2D eigenvalue weighted by Crippen LogP contribution is -2.49. The van der Waals surface area contributed by atoms with Crippen molar-refractivity contribution in [1.82, 2.24) is 0 Å². The number of hydrogen-bond donors (Lipinski definition) is 0. The summed E-state index contributed by atoms with van der Waals surface area (Å²) in [4.78, 5) is 7.42. The van der Waals surface area contributed by atoms with Crippen LogP contribution in [0.4, 0.5) is 13.2 Å². The van der Waals surface area contributed by atoms with Crippen LogP contribution in [0.5, 0.6) is 0 Å². The SMILES string of the molecule is COC(=O)C(Cl)(CCl)C(F)(F)F. The molecule has 0 aliphatic heterocycles. The minimum Gasteiger partial charge on any atom is -0.467 e. The average molecular weight is 225 g/mol. The number of hydrogen-bond acceptors (Lipinski definition) is 2. The molecule has 0 radical (unpaired) electrons.